The van der Waals surface area contributed by atoms with Gasteiger partial charge in [-0.15, -0.1) is 0 Å². The molecular weight excluding hydrogens is 725 g/mol. The molecule has 0 saturated carbocycles. The van der Waals surface area contributed by atoms with E-state index in [1.807, 2.05) is 0 Å². The summed E-state index contributed by atoms with van der Waals surface area (Å²) in [6.07, 6.45) is 0. The fourth-order valence-electron chi connectivity index (χ4n) is 9.00. The second kappa shape index (κ2) is 15.1. The fraction of sp³-hybridized carbons (Fsp3) is 0. The number of aromatic nitrogens is 1. The van der Waals surface area contributed by atoms with Crippen molar-refractivity contribution in [2.24, 2.45) is 0 Å². The summed E-state index contributed by atoms with van der Waals surface area (Å²) >= 11 is 0. The summed E-state index contributed by atoms with van der Waals surface area (Å²) in [5.41, 5.74) is 16.3. The van der Waals surface area contributed by atoms with Gasteiger partial charge in [0.25, 0.3) is 0 Å². The van der Waals surface area contributed by atoms with E-state index in [4.69, 9.17) is 0 Å². The third-order valence-electron chi connectivity index (χ3n) is 11.8. The van der Waals surface area contributed by atoms with E-state index in [2.05, 4.69) is 252 Å². The molecule has 10 aromatic carbocycles. The first-order valence-electron chi connectivity index (χ1n) is 20.6. The lowest BCUT2D eigenvalue weighted by Gasteiger charge is -2.29. The van der Waals surface area contributed by atoms with Crippen LogP contribution < -0.4 is 4.90 Å². The summed E-state index contributed by atoms with van der Waals surface area (Å²) in [6, 6.07) is 87.9. The predicted molar refractivity (Wildman–Crippen MR) is 255 cm³/mol. The average Bonchev–Trinajstić information content (AvgIpc) is 3.66. The monoisotopic (exact) mass is 764 g/mol. The number of hydrogen-bond donors (Lipinski definition) is 0. The Labute approximate surface area is 350 Å². The van der Waals surface area contributed by atoms with Crippen molar-refractivity contribution in [1.82, 2.24) is 4.57 Å². The second-order valence-corrected chi connectivity index (χ2v) is 15.3. The summed E-state index contributed by atoms with van der Waals surface area (Å²) in [6.45, 7) is 0. The number of fused-ring (bicyclic) bond motifs is 4. The third kappa shape index (κ3) is 6.23. The number of nitrogens with zero attached hydrogens (tertiary/aromatic N) is 2. The first-order valence-corrected chi connectivity index (χ1v) is 20.6. The van der Waals surface area contributed by atoms with Crippen LogP contribution in [0, 0.1) is 0 Å². The van der Waals surface area contributed by atoms with Gasteiger partial charge in [0.1, 0.15) is 0 Å². The first-order chi connectivity index (χ1) is 29.8. The Balaban J connectivity index is 1.07. The SMILES string of the molecule is c1ccc(-c2cccc(N(c3ccc(-c4cccc(-c5cccc6ccccc56)c4)cc3)c3ccccc3-c3ccccc3-n3c4ccccc4c4ccccc43)c2)cc1. The van der Waals surface area contributed by atoms with Crippen LogP contribution in [0.2, 0.25) is 0 Å². The summed E-state index contributed by atoms with van der Waals surface area (Å²) in [5, 5.41) is 5.01. The van der Waals surface area contributed by atoms with E-state index in [-0.39, 0.29) is 0 Å². The Bertz CT molecular complexity index is 3260. The molecule has 11 aromatic rings. The minimum atomic E-state index is 1.08. The molecule has 0 fully saturated rings. The number of para-hydroxylation sites is 4. The maximum atomic E-state index is 2.43. The zero-order valence-corrected chi connectivity index (χ0v) is 33.0. The van der Waals surface area contributed by atoms with Gasteiger partial charge in [0.05, 0.1) is 22.4 Å². The lowest BCUT2D eigenvalue weighted by atomic mass is 9.95. The first kappa shape index (κ1) is 35.2. The van der Waals surface area contributed by atoms with Crippen molar-refractivity contribution in [3.63, 3.8) is 0 Å². The molecule has 282 valence electrons. The van der Waals surface area contributed by atoms with Gasteiger partial charge in [0.2, 0.25) is 0 Å². The van der Waals surface area contributed by atoms with Gasteiger partial charge in [0, 0.05) is 33.3 Å². The van der Waals surface area contributed by atoms with E-state index < -0.39 is 0 Å². The van der Waals surface area contributed by atoms with Gasteiger partial charge >= 0.3 is 0 Å². The molecule has 0 atom stereocenters. The van der Waals surface area contributed by atoms with Crippen molar-refractivity contribution in [3.8, 4) is 50.2 Å². The second-order valence-electron chi connectivity index (χ2n) is 15.3. The van der Waals surface area contributed by atoms with E-state index in [0.717, 1.165) is 33.9 Å². The van der Waals surface area contributed by atoms with Crippen LogP contribution in [0.1, 0.15) is 0 Å². The molecule has 0 aliphatic heterocycles. The summed E-state index contributed by atoms with van der Waals surface area (Å²) in [4.78, 5) is 2.42. The smallest absolute Gasteiger partial charge is 0.0541 e. The quantitative estimate of drug-likeness (QED) is 0.150. The van der Waals surface area contributed by atoms with E-state index in [1.165, 1.54) is 66.0 Å². The van der Waals surface area contributed by atoms with Gasteiger partial charge in [0.15, 0.2) is 0 Å². The Morgan fingerprint density at radius 2 is 0.800 bits per heavy atom. The standard InChI is InChI=1S/C58H40N2/c1-2-17-41(18-3-1)45-22-15-24-48(40-45)59(47-37-35-42(36-38-47)44-21-14-23-46(39-44)50-30-16-20-43-19-4-5-25-49(43)50)55-31-10-6-26-51(55)52-27-7-11-32-56(52)60-57-33-12-8-28-53(57)54-29-9-13-34-58(54)60/h1-40H. The molecule has 0 N–H and O–H groups in total. The molecule has 2 heteroatoms. The van der Waals surface area contributed by atoms with E-state index in [1.54, 1.807) is 0 Å². The number of rotatable bonds is 8. The molecule has 60 heavy (non-hydrogen) atoms. The topological polar surface area (TPSA) is 8.17 Å². The summed E-state index contributed by atoms with van der Waals surface area (Å²) in [5.74, 6) is 0. The molecule has 11 rings (SSSR count). The zero-order chi connectivity index (χ0) is 39.8. The Morgan fingerprint density at radius 3 is 1.58 bits per heavy atom. The molecule has 0 aliphatic rings. The van der Waals surface area contributed by atoms with E-state index in [9.17, 15) is 0 Å². The van der Waals surface area contributed by atoms with Gasteiger partial charge in [-0.1, -0.05) is 188 Å². The minimum absolute atomic E-state index is 1.08. The molecule has 0 unspecified atom stereocenters. The van der Waals surface area contributed by atoms with Gasteiger partial charge in [-0.3, -0.25) is 0 Å². The molecule has 0 radical (unpaired) electrons. The largest absolute Gasteiger partial charge is 0.310 e. The van der Waals surface area contributed by atoms with Crippen molar-refractivity contribution in [1.29, 1.82) is 0 Å². The van der Waals surface area contributed by atoms with Crippen molar-refractivity contribution in [2.45, 2.75) is 0 Å². The molecule has 2 nitrogen and oxygen atoms in total. The van der Waals surface area contributed by atoms with Gasteiger partial charge in [-0.05, 0) is 98.8 Å². The Kier molecular flexibility index (Phi) is 8.87. The van der Waals surface area contributed by atoms with Crippen molar-refractivity contribution in [3.05, 3.63) is 243 Å². The highest BCUT2D eigenvalue weighted by molar-refractivity contribution is 6.10. The minimum Gasteiger partial charge on any atom is -0.310 e. The molecule has 1 heterocycles. The molecule has 0 amide bonds. The summed E-state index contributed by atoms with van der Waals surface area (Å²) in [7, 11) is 0. The van der Waals surface area contributed by atoms with E-state index >= 15 is 0 Å². The highest BCUT2D eigenvalue weighted by Gasteiger charge is 2.21. The van der Waals surface area contributed by atoms with E-state index in [0.29, 0.717) is 0 Å². The van der Waals surface area contributed by atoms with Crippen molar-refractivity contribution >= 4 is 49.6 Å². The van der Waals surface area contributed by atoms with Crippen molar-refractivity contribution in [2.75, 3.05) is 4.90 Å². The zero-order valence-electron chi connectivity index (χ0n) is 33.0. The summed E-state index contributed by atoms with van der Waals surface area (Å²) < 4.78 is 2.43. The molecular formula is C58H40N2. The van der Waals surface area contributed by atoms with Crippen LogP contribution in [0.4, 0.5) is 17.1 Å². The molecule has 0 saturated heterocycles. The predicted octanol–water partition coefficient (Wildman–Crippen LogP) is 16.1. The van der Waals surface area contributed by atoms with Crippen LogP contribution in [-0.2, 0) is 0 Å². The normalized spacial score (nSPS) is 11.3. The van der Waals surface area contributed by atoms with Gasteiger partial charge in [-0.2, -0.15) is 0 Å². The van der Waals surface area contributed by atoms with Crippen LogP contribution >= 0.6 is 0 Å². The highest BCUT2D eigenvalue weighted by atomic mass is 15.1. The maximum absolute atomic E-state index is 2.43. The van der Waals surface area contributed by atoms with Crippen LogP contribution in [0.3, 0.4) is 0 Å². The lowest BCUT2D eigenvalue weighted by molar-refractivity contribution is 1.18. The van der Waals surface area contributed by atoms with Gasteiger partial charge < -0.3 is 9.47 Å². The van der Waals surface area contributed by atoms with Gasteiger partial charge in [-0.25, -0.2) is 0 Å². The Hall–Kier alpha value is -7.94. The van der Waals surface area contributed by atoms with Crippen LogP contribution in [0.15, 0.2) is 243 Å². The Morgan fingerprint density at radius 1 is 0.283 bits per heavy atom. The number of benzene rings is 10. The number of hydrogen-bond acceptors (Lipinski definition) is 1. The third-order valence-corrected chi connectivity index (χ3v) is 11.8. The molecule has 1 aromatic heterocycles. The molecule has 0 bridgehead atoms. The highest BCUT2D eigenvalue weighted by Crippen LogP contribution is 2.45. The van der Waals surface area contributed by atoms with Crippen LogP contribution in [-0.4, -0.2) is 4.57 Å². The van der Waals surface area contributed by atoms with Crippen molar-refractivity contribution < 1.29 is 0 Å². The lowest BCUT2D eigenvalue weighted by Crippen LogP contribution is -2.11. The maximum Gasteiger partial charge on any atom is 0.0541 e. The fourth-order valence-corrected chi connectivity index (χ4v) is 9.00. The average molecular weight is 765 g/mol. The van der Waals surface area contributed by atoms with Crippen LogP contribution in [0.25, 0.3) is 82.8 Å². The molecule has 0 aliphatic carbocycles. The van der Waals surface area contributed by atoms with Crippen LogP contribution in [0.5, 0.6) is 0 Å². The number of anilines is 3. The molecule has 0 spiro atoms.